The maximum absolute atomic E-state index is 13.2. The number of benzene rings is 1. The van der Waals surface area contributed by atoms with Gasteiger partial charge in [0.1, 0.15) is 5.82 Å². The van der Waals surface area contributed by atoms with Gasteiger partial charge in [-0.25, -0.2) is 13.8 Å². The highest BCUT2D eigenvalue weighted by Gasteiger charge is 2.42. The SMILES string of the molecule is N#Cc1cc(N2CCN(CC(F)(F)C(F)F)CC2)nc2ccc(Cl)cc12. The fraction of sp³-hybridized carbons (Fsp3) is 0.412. The minimum Gasteiger partial charge on any atom is -0.354 e. The number of halogens is 5. The molecule has 9 heteroatoms. The van der Waals surface area contributed by atoms with Crippen molar-refractivity contribution in [3.8, 4) is 6.07 Å². The Bertz CT molecular complexity index is 845. The van der Waals surface area contributed by atoms with Gasteiger partial charge >= 0.3 is 12.3 Å². The second kappa shape index (κ2) is 7.25. The van der Waals surface area contributed by atoms with Gasteiger partial charge in [-0.05, 0) is 24.3 Å². The van der Waals surface area contributed by atoms with Crippen LogP contribution in [0.4, 0.5) is 23.4 Å². The zero-order valence-electron chi connectivity index (χ0n) is 13.6. The van der Waals surface area contributed by atoms with E-state index in [0.29, 0.717) is 40.4 Å². The Morgan fingerprint density at radius 1 is 1.19 bits per heavy atom. The lowest BCUT2D eigenvalue weighted by Gasteiger charge is -2.36. The summed E-state index contributed by atoms with van der Waals surface area (Å²) in [6.45, 7) is 0.174. The molecule has 0 saturated carbocycles. The summed E-state index contributed by atoms with van der Waals surface area (Å²) in [5, 5.41) is 10.5. The van der Waals surface area contributed by atoms with Gasteiger partial charge in [0, 0.05) is 36.6 Å². The molecular formula is C17H15ClF4N4. The predicted molar refractivity (Wildman–Crippen MR) is 91.1 cm³/mol. The van der Waals surface area contributed by atoms with E-state index < -0.39 is 18.9 Å². The number of aromatic nitrogens is 1. The number of piperazine rings is 1. The number of nitrogens with zero attached hydrogens (tertiary/aromatic N) is 4. The van der Waals surface area contributed by atoms with Crippen molar-refractivity contribution in [2.45, 2.75) is 12.3 Å². The van der Waals surface area contributed by atoms with E-state index in [1.54, 1.807) is 24.3 Å². The highest BCUT2D eigenvalue weighted by Crippen LogP contribution is 2.27. The lowest BCUT2D eigenvalue weighted by Crippen LogP contribution is -2.51. The van der Waals surface area contributed by atoms with Gasteiger partial charge in [0.15, 0.2) is 0 Å². The van der Waals surface area contributed by atoms with Crippen molar-refractivity contribution in [3.63, 3.8) is 0 Å². The molecular weight excluding hydrogens is 372 g/mol. The number of hydrogen-bond donors (Lipinski definition) is 0. The molecule has 26 heavy (non-hydrogen) atoms. The molecule has 1 aromatic heterocycles. The van der Waals surface area contributed by atoms with Crippen molar-refractivity contribution in [3.05, 3.63) is 34.9 Å². The lowest BCUT2D eigenvalue weighted by atomic mass is 10.1. The van der Waals surface area contributed by atoms with Gasteiger partial charge in [-0.3, -0.25) is 4.90 Å². The van der Waals surface area contributed by atoms with E-state index in [2.05, 4.69) is 11.1 Å². The third-order valence-electron chi connectivity index (χ3n) is 4.33. The van der Waals surface area contributed by atoms with Crippen LogP contribution >= 0.6 is 11.6 Å². The second-order valence-electron chi connectivity index (χ2n) is 6.13. The molecule has 0 bridgehead atoms. The van der Waals surface area contributed by atoms with Gasteiger partial charge < -0.3 is 4.90 Å². The topological polar surface area (TPSA) is 43.2 Å². The first-order chi connectivity index (χ1) is 12.3. The number of hydrogen-bond acceptors (Lipinski definition) is 4. The van der Waals surface area contributed by atoms with Crippen LogP contribution in [0.25, 0.3) is 10.9 Å². The van der Waals surface area contributed by atoms with Crippen LogP contribution in [-0.2, 0) is 0 Å². The van der Waals surface area contributed by atoms with Crippen LogP contribution in [0.5, 0.6) is 0 Å². The fourth-order valence-electron chi connectivity index (χ4n) is 2.94. The summed E-state index contributed by atoms with van der Waals surface area (Å²) in [6, 6.07) is 8.78. The Labute approximate surface area is 152 Å². The van der Waals surface area contributed by atoms with Crippen molar-refractivity contribution >= 4 is 28.3 Å². The van der Waals surface area contributed by atoms with Gasteiger partial charge in [0.05, 0.1) is 23.7 Å². The van der Waals surface area contributed by atoms with Gasteiger partial charge in [-0.1, -0.05) is 11.6 Å². The Morgan fingerprint density at radius 2 is 1.88 bits per heavy atom. The molecule has 4 nitrogen and oxygen atoms in total. The van der Waals surface area contributed by atoms with Crippen LogP contribution in [0.1, 0.15) is 5.56 Å². The summed E-state index contributed by atoms with van der Waals surface area (Å²) in [5.41, 5.74) is 1.02. The summed E-state index contributed by atoms with van der Waals surface area (Å²) < 4.78 is 51.0. The smallest absolute Gasteiger partial charge is 0.319 e. The number of fused-ring (bicyclic) bond motifs is 1. The Kier molecular flexibility index (Phi) is 5.21. The quantitative estimate of drug-likeness (QED) is 0.750. The van der Waals surface area contributed by atoms with E-state index in [0.717, 1.165) is 0 Å². The van der Waals surface area contributed by atoms with E-state index in [4.69, 9.17) is 11.6 Å². The summed E-state index contributed by atoms with van der Waals surface area (Å²) >= 11 is 5.96. The van der Waals surface area contributed by atoms with Crippen molar-refractivity contribution in [2.75, 3.05) is 37.6 Å². The molecule has 1 fully saturated rings. The number of nitriles is 1. The van der Waals surface area contributed by atoms with Gasteiger partial charge in [-0.2, -0.15) is 14.0 Å². The highest BCUT2D eigenvalue weighted by atomic mass is 35.5. The van der Waals surface area contributed by atoms with E-state index in [1.165, 1.54) is 4.90 Å². The van der Waals surface area contributed by atoms with Crippen molar-refractivity contribution < 1.29 is 17.6 Å². The third kappa shape index (κ3) is 3.84. The van der Waals surface area contributed by atoms with Crippen molar-refractivity contribution in [1.29, 1.82) is 5.26 Å². The van der Waals surface area contributed by atoms with Crippen LogP contribution in [0.2, 0.25) is 5.02 Å². The second-order valence-corrected chi connectivity index (χ2v) is 6.56. The van der Waals surface area contributed by atoms with Crippen LogP contribution in [-0.4, -0.2) is 55.0 Å². The van der Waals surface area contributed by atoms with Crippen LogP contribution in [0.15, 0.2) is 24.3 Å². The zero-order valence-corrected chi connectivity index (χ0v) is 14.4. The van der Waals surface area contributed by atoms with E-state index >= 15 is 0 Å². The summed E-state index contributed by atoms with van der Waals surface area (Å²) in [7, 11) is 0. The van der Waals surface area contributed by atoms with Crippen molar-refractivity contribution in [2.24, 2.45) is 0 Å². The molecule has 2 heterocycles. The Balaban J connectivity index is 1.76. The van der Waals surface area contributed by atoms with Crippen LogP contribution in [0, 0.1) is 11.3 Å². The molecule has 1 aliphatic rings. The van der Waals surface area contributed by atoms with E-state index in [-0.39, 0.29) is 13.1 Å². The molecule has 1 aromatic carbocycles. The van der Waals surface area contributed by atoms with Gasteiger partial charge in [0.2, 0.25) is 0 Å². The molecule has 0 aliphatic carbocycles. The molecule has 2 aromatic rings. The molecule has 0 N–H and O–H groups in total. The summed E-state index contributed by atoms with van der Waals surface area (Å²) in [4.78, 5) is 7.67. The molecule has 3 rings (SSSR count). The standard InChI is InChI=1S/C17H15ClF4N4/c18-12-1-2-14-13(8-12)11(9-23)7-15(24-14)26-5-3-25(4-6-26)10-17(21,22)16(19)20/h1-2,7-8,16H,3-6,10H2. The molecule has 0 atom stereocenters. The fourth-order valence-corrected chi connectivity index (χ4v) is 3.11. The number of anilines is 1. The minimum atomic E-state index is -4.02. The monoisotopic (exact) mass is 386 g/mol. The molecule has 0 amide bonds. The molecule has 0 unspecified atom stereocenters. The maximum atomic E-state index is 13.2. The van der Waals surface area contributed by atoms with Crippen LogP contribution < -0.4 is 4.90 Å². The Hall–Kier alpha value is -2.11. The molecule has 1 aliphatic heterocycles. The Morgan fingerprint density at radius 3 is 2.50 bits per heavy atom. The lowest BCUT2D eigenvalue weighted by molar-refractivity contribution is -0.142. The summed E-state index contributed by atoms with van der Waals surface area (Å²) in [6.07, 6.45) is -3.67. The zero-order chi connectivity index (χ0) is 18.9. The molecule has 138 valence electrons. The minimum absolute atomic E-state index is 0.213. The van der Waals surface area contributed by atoms with Gasteiger partial charge in [-0.15, -0.1) is 0 Å². The number of rotatable bonds is 4. The van der Waals surface area contributed by atoms with Crippen molar-refractivity contribution in [1.82, 2.24) is 9.88 Å². The summed E-state index contributed by atoms with van der Waals surface area (Å²) in [5.74, 6) is -3.46. The first-order valence-electron chi connectivity index (χ1n) is 7.94. The van der Waals surface area contributed by atoms with E-state index in [9.17, 15) is 22.8 Å². The molecule has 0 spiro atoms. The molecule has 0 radical (unpaired) electrons. The predicted octanol–water partition coefficient (Wildman–Crippen LogP) is 3.78. The maximum Gasteiger partial charge on any atom is 0.319 e. The normalized spacial score (nSPS) is 16.3. The highest BCUT2D eigenvalue weighted by molar-refractivity contribution is 6.31. The van der Waals surface area contributed by atoms with Gasteiger partial charge in [0.25, 0.3) is 0 Å². The average molecular weight is 387 g/mol. The average Bonchev–Trinajstić information content (AvgIpc) is 2.61. The third-order valence-corrected chi connectivity index (χ3v) is 4.56. The van der Waals surface area contributed by atoms with Crippen LogP contribution in [0.3, 0.4) is 0 Å². The number of pyridine rings is 1. The molecule has 1 saturated heterocycles. The number of alkyl halides is 4. The first-order valence-corrected chi connectivity index (χ1v) is 8.31. The van der Waals surface area contributed by atoms with E-state index in [1.807, 2.05) is 4.90 Å². The largest absolute Gasteiger partial charge is 0.354 e. The first kappa shape index (κ1) is 18.7.